The second-order valence-corrected chi connectivity index (χ2v) is 7.70. The summed E-state index contributed by atoms with van der Waals surface area (Å²) in [7, 11) is 4.44. The molecule has 0 radical (unpaired) electrons. The molecule has 0 aromatic carbocycles. The highest BCUT2D eigenvalue weighted by Gasteiger charge is 2.30. The van der Waals surface area contributed by atoms with Crippen LogP contribution >= 0.6 is 0 Å². The summed E-state index contributed by atoms with van der Waals surface area (Å²) in [5, 5.41) is 3.71. The summed E-state index contributed by atoms with van der Waals surface area (Å²) in [4.78, 5) is 5.11. The van der Waals surface area contributed by atoms with Crippen molar-refractivity contribution in [1.82, 2.24) is 15.1 Å². The summed E-state index contributed by atoms with van der Waals surface area (Å²) in [5.41, 5.74) is 0.458. The van der Waals surface area contributed by atoms with Crippen molar-refractivity contribution in [3.05, 3.63) is 0 Å². The molecule has 0 amide bonds. The number of nitrogens with zero attached hydrogens (tertiary/aromatic N) is 2. The van der Waals surface area contributed by atoms with Gasteiger partial charge in [0.05, 0.1) is 0 Å². The highest BCUT2D eigenvalue weighted by molar-refractivity contribution is 4.86. The van der Waals surface area contributed by atoms with Crippen LogP contribution < -0.4 is 5.32 Å². The summed E-state index contributed by atoms with van der Waals surface area (Å²) in [5.74, 6) is 0.743. The fraction of sp³-hybridized carbons (Fsp3) is 1.00. The topological polar surface area (TPSA) is 18.5 Å². The van der Waals surface area contributed by atoms with E-state index in [4.69, 9.17) is 0 Å². The number of hydrogen-bond donors (Lipinski definition) is 1. The van der Waals surface area contributed by atoms with Crippen LogP contribution in [0.2, 0.25) is 0 Å². The normalized spacial score (nSPS) is 18.9. The summed E-state index contributed by atoms with van der Waals surface area (Å²) in [6.45, 7) is 15.4. The smallest absolute Gasteiger partial charge is 0.0113 e. The van der Waals surface area contributed by atoms with Gasteiger partial charge < -0.3 is 15.1 Å². The molecule has 0 bridgehead atoms. The Kier molecular flexibility index (Phi) is 8.22. The third-order valence-corrected chi connectivity index (χ3v) is 5.40. The van der Waals surface area contributed by atoms with Crippen molar-refractivity contribution in [3.8, 4) is 0 Å². The van der Waals surface area contributed by atoms with Crippen molar-refractivity contribution in [1.29, 1.82) is 0 Å². The lowest BCUT2D eigenvalue weighted by molar-refractivity contribution is 0.0868. The van der Waals surface area contributed by atoms with Gasteiger partial charge in [-0.3, -0.25) is 0 Å². The predicted octanol–water partition coefficient (Wildman–Crippen LogP) is 3.06. The molecule has 0 unspecified atom stereocenters. The van der Waals surface area contributed by atoms with Gasteiger partial charge in [-0.05, 0) is 70.7 Å². The van der Waals surface area contributed by atoms with Gasteiger partial charge in [0.1, 0.15) is 0 Å². The lowest BCUT2D eigenvalue weighted by atomic mass is 9.81. The molecule has 1 fully saturated rings. The molecule has 1 rings (SSSR count). The van der Waals surface area contributed by atoms with Crippen molar-refractivity contribution in [2.24, 2.45) is 11.3 Å². The van der Waals surface area contributed by atoms with Crippen LogP contribution in [0.3, 0.4) is 0 Å². The monoisotopic (exact) mass is 297 g/mol. The second kappa shape index (κ2) is 9.12. The second-order valence-electron chi connectivity index (χ2n) is 7.70. The quantitative estimate of drug-likeness (QED) is 0.705. The van der Waals surface area contributed by atoms with Gasteiger partial charge in [0.15, 0.2) is 0 Å². The van der Waals surface area contributed by atoms with E-state index >= 15 is 0 Å². The summed E-state index contributed by atoms with van der Waals surface area (Å²) in [6.07, 6.45) is 5.22. The van der Waals surface area contributed by atoms with E-state index in [1.807, 2.05) is 0 Å². The zero-order valence-electron chi connectivity index (χ0n) is 15.4. The average Bonchev–Trinajstić information content (AvgIpc) is 2.46. The van der Waals surface area contributed by atoms with Crippen LogP contribution in [-0.4, -0.2) is 62.7 Å². The van der Waals surface area contributed by atoms with Crippen LogP contribution in [0.1, 0.15) is 53.4 Å². The minimum absolute atomic E-state index is 0.458. The van der Waals surface area contributed by atoms with E-state index in [0.717, 1.165) is 18.5 Å². The number of nitrogens with one attached hydrogen (secondary N) is 1. The van der Waals surface area contributed by atoms with E-state index in [2.05, 4.69) is 56.9 Å². The van der Waals surface area contributed by atoms with Crippen LogP contribution in [-0.2, 0) is 0 Å². The highest BCUT2D eigenvalue weighted by atomic mass is 15.2. The Bertz CT molecular complexity index is 264. The third-order valence-electron chi connectivity index (χ3n) is 5.40. The van der Waals surface area contributed by atoms with Gasteiger partial charge in [-0.25, -0.2) is 0 Å². The molecule has 3 heteroatoms. The Morgan fingerprint density at radius 2 is 1.71 bits per heavy atom. The number of piperidine rings is 1. The lowest BCUT2D eigenvalue weighted by Crippen LogP contribution is -2.49. The fourth-order valence-corrected chi connectivity index (χ4v) is 3.47. The van der Waals surface area contributed by atoms with E-state index in [1.165, 1.54) is 51.9 Å². The molecule has 1 aliphatic heterocycles. The zero-order valence-corrected chi connectivity index (χ0v) is 15.4. The standard InChI is InChI=1S/C18H39N3/c1-7-18(8-2,14-19-13-16(3)4)15-21-11-9-17(10-12-21)20(5)6/h16-17,19H,7-15H2,1-6H3. The first-order valence-corrected chi connectivity index (χ1v) is 9.02. The maximum absolute atomic E-state index is 3.71. The SMILES string of the molecule is CCC(CC)(CNCC(C)C)CN1CCC(N(C)C)CC1. The van der Waals surface area contributed by atoms with E-state index in [9.17, 15) is 0 Å². The van der Waals surface area contributed by atoms with Crippen LogP contribution in [0.15, 0.2) is 0 Å². The van der Waals surface area contributed by atoms with Gasteiger partial charge >= 0.3 is 0 Å². The van der Waals surface area contributed by atoms with Crippen LogP contribution in [0.25, 0.3) is 0 Å². The summed E-state index contributed by atoms with van der Waals surface area (Å²) in [6, 6.07) is 0.790. The molecule has 1 saturated heterocycles. The van der Waals surface area contributed by atoms with E-state index in [1.54, 1.807) is 0 Å². The van der Waals surface area contributed by atoms with Gasteiger partial charge in [0.25, 0.3) is 0 Å². The van der Waals surface area contributed by atoms with E-state index in [0.29, 0.717) is 5.41 Å². The maximum Gasteiger partial charge on any atom is 0.0113 e. The highest BCUT2D eigenvalue weighted by Crippen LogP contribution is 2.28. The molecule has 0 spiro atoms. The lowest BCUT2D eigenvalue weighted by Gasteiger charge is -2.41. The summed E-state index contributed by atoms with van der Waals surface area (Å²) >= 11 is 0. The Morgan fingerprint density at radius 1 is 1.14 bits per heavy atom. The van der Waals surface area contributed by atoms with Gasteiger partial charge in [-0.1, -0.05) is 27.7 Å². The van der Waals surface area contributed by atoms with Crippen molar-refractivity contribution in [2.75, 3.05) is 46.8 Å². The van der Waals surface area contributed by atoms with Crippen molar-refractivity contribution in [3.63, 3.8) is 0 Å². The fourth-order valence-electron chi connectivity index (χ4n) is 3.47. The van der Waals surface area contributed by atoms with E-state index < -0.39 is 0 Å². The maximum atomic E-state index is 3.71. The molecule has 0 atom stereocenters. The van der Waals surface area contributed by atoms with Crippen LogP contribution in [0.5, 0.6) is 0 Å². The molecule has 1 heterocycles. The average molecular weight is 298 g/mol. The molecular weight excluding hydrogens is 258 g/mol. The van der Waals surface area contributed by atoms with Crippen molar-refractivity contribution >= 4 is 0 Å². The van der Waals surface area contributed by atoms with Crippen molar-refractivity contribution in [2.45, 2.75) is 59.4 Å². The van der Waals surface area contributed by atoms with Gasteiger partial charge in [-0.2, -0.15) is 0 Å². The Labute approximate surface area is 133 Å². The molecule has 1 N–H and O–H groups in total. The first-order valence-electron chi connectivity index (χ1n) is 9.02. The third kappa shape index (κ3) is 6.25. The number of likely N-dealkylation sites (tertiary alicyclic amines) is 1. The van der Waals surface area contributed by atoms with Crippen molar-refractivity contribution < 1.29 is 0 Å². The first kappa shape index (κ1) is 18.9. The van der Waals surface area contributed by atoms with E-state index in [-0.39, 0.29) is 0 Å². The Balaban J connectivity index is 2.46. The van der Waals surface area contributed by atoms with Crippen LogP contribution in [0, 0.1) is 11.3 Å². The molecule has 3 nitrogen and oxygen atoms in total. The molecule has 0 aliphatic carbocycles. The number of hydrogen-bond acceptors (Lipinski definition) is 3. The van der Waals surface area contributed by atoms with Gasteiger partial charge in [-0.15, -0.1) is 0 Å². The minimum Gasteiger partial charge on any atom is -0.316 e. The number of rotatable bonds is 9. The molecule has 0 aromatic rings. The largest absolute Gasteiger partial charge is 0.316 e. The molecule has 0 aromatic heterocycles. The van der Waals surface area contributed by atoms with Gasteiger partial charge in [0.2, 0.25) is 0 Å². The molecule has 1 aliphatic rings. The molecule has 21 heavy (non-hydrogen) atoms. The predicted molar refractivity (Wildman–Crippen MR) is 93.9 cm³/mol. The zero-order chi connectivity index (χ0) is 15.9. The summed E-state index contributed by atoms with van der Waals surface area (Å²) < 4.78 is 0. The molecule has 0 saturated carbocycles. The first-order chi connectivity index (χ1) is 9.92. The molecular formula is C18H39N3. The molecule has 126 valence electrons. The van der Waals surface area contributed by atoms with Gasteiger partial charge in [0, 0.05) is 19.1 Å². The Morgan fingerprint density at radius 3 is 2.14 bits per heavy atom. The minimum atomic E-state index is 0.458. The Hall–Kier alpha value is -0.120. The van der Waals surface area contributed by atoms with Crippen LogP contribution in [0.4, 0.5) is 0 Å².